The van der Waals surface area contributed by atoms with Crippen molar-refractivity contribution >= 4 is 11.3 Å². The van der Waals surface area contributed by atoms with Crippen LogP contribution in [0, 0.1) is 13.8 Å². The van der Waals surface area contributed by atoms with E-state index >= 15 is 0 Å². The molecule has 2 N–H and O–H groups in total. The summed E-state index contributed by atoms with van der Waals surface area (Å²) in [6, 6.07) is 12.3. The van der Waals surface area contributed by atoms with Crippen molar-refractivity contribution in [2.24, 2.45) is 12.8 Å². The van der Waals surface area contributed by atoms with Crippen molar-refractivity contribution in [3.63, 3.8) is 0 Å². The van der Waals surface area contributed by atoms with Crippen LogP contribution in [0.5, 0.6) is 0 Å². The monoisotopic (exact) mass is 312 g/mol. The topological polar surface area (TPSA) is 56.7 Å². The Balaban J connectivity index is 2.01. The van der Waals surface area contributed by atoms with Crippen molar-refractivity contribution in [1.29, 1.82) is 0 Å². The number of aromatic nitrogens is 3. The molecule has 0 saturated carbocycles. The number of hydrogen-bond donors (Lipinski definition) is 1. The first-order valence-corrected chi connectivity index (χ1v) is 8.15. The van der Waals surface area contributed by atoms with Crippen molar-refractivity contribution in [1.82, 2.24) is 14.8 Å². The van der Waals surface area contributed by atoms with Gasteiger partial charge in [0.05, 0.1) is 17.3 Å². The molecule has 3 rings (SSSR count). The van der Waals surface area contributed by atoms with Crippen LogP contribution in [0.1, 0.15) is 27.2 Å². The Morgan fingerprint density at radius 2 is 1.95 bits per heavy atom. The highest BCUT2D eigenvalue weighted by molar-refractivity contribution is 7.11. The van der Waals surface area contributed by atoms with Gasteiger partial charge in [-0.15, -0.1) is 11.3 Å². The highest BCUT2D eigenvalue weighted by atomic mass is 32.1. The highest BCUT2D eigenvalue weighted by Crippen LogP contribution is 2.31. The summed E-state index contributed by atoms with van der Waals surface area (Å²) in [7, 11) is 1.97. The Labute approximate surface area is 134 Å². The molecule has 5 heteroatoms. The second-order valence-corrected chi connectivity index (χ2v) is 6.66. The Kier molecular flexibility index (Phi) is 4.09. The molecule has 2 heterocycles. The summed E-state index contributed by atoms with van der Waals surface area (Å²) in [6.45, 7) is 4.67. The molecule has 1 atom stereocenters. The summed E-state index contributed by atoms with van der Waals surface area (Å²) < 4.78 is 1.92. The first kappa shape index (κ1) is 14.9. The third-order valence-corrected chi connectivity index (χ3v) is 5.11. The van der Waals surface area contributed by atoms with Crippen LogP contribution in [0.2, 0.25) is 0 Å². The molecule has 0 amide bonds. The summed E-state index contributed by atoms with van der Waals surface area (Å²) in [6.07, 6.45) is 0. The lowest BCUT2D eigenvalue weighted by Crippen LogP contribution is -2.16. The van der Waals surface area contributed by atoms with E-state index < -0.39 is 0 Å². The number of rotatable bonds is 4. The SMILES string of the molecule is Cc1nc(C(CN)c2cc(-c3ccccc3)nn2C)sc1C. The first-order chi connectivity index (χ1) is 10.6. The molecule has 0 aliphatic rings. The fraction of sp³-hybridized carbons (Fsp3) is 0.294. The van der Waals surface area contributed by atoms with E-state index in [0.29, 0.717) is 6.54 Å². The zero-order valence-electron chi connectivity index (χ0n) is 13.1. The molecule has 0 spiro atoms. The molecule has 4 nitrogen and oxygen atoms in total. The van der Waals surface area contributed by atoms with E-state index in [1.165, 1.54) is 4.88 Å². The molecular formula is C17H20N4S. The van der Waals surface area contributed by atoms with Crippen LogP contribution < -0.4 is 5.73 Å². The summed E-state index contributed by atoms with van der Waals surface area (Å²) >= 11 is 1.72. The second-order valence-electron chi connectivity index (χ2n) is 5.43. The average molecular weight is 312 g/mol. The van der Waals surface area contributed by atoms with Gasteiger partial charge in [-0.1, -0.05) is 30.3 Å². The van der Waals surface area contributed by atoms with E-state index in [9.17, 15) is 0 Å². The van der Waals surface area contributed by atoms with Gasteiger partial charge in [-0.25, -0.2) is 4.98 Å². The standard InChI is InChI=1S/C17H20N4S/c1-11-12(2)22-17(19-11)14(10-18)16-9-15(20-21(16)3)13-7-5-4-6-8-13/h4-9,14H,10,18H2,1-3H3. The predicted molar refractivity (Wildman–Crippen MR) is 91.1 cm³/mol. The number of hydrogen-bond acceptors (Lipinski definition) is 4. The third kappa shape index (κ3) is 2.69. The van der Waals surface area contributed by atoms with Gasteiger partial charge in [0.25, 0.3) is 0 Å². The van der Waals surface area contributed by atoms with E-state index in [4.69, 9.17) is 5.73 Å². The lowest BCUT2D eigenvalue weighted by atomic mass is 10.0. The highest BCUT2D eigenvalue weighted by Gasteiger charge is 2.22. The Bertz CT molecular complexity index is 754. The van der Waals surface area contributed by atoms with Gasteiger partial charge in [-0.2, -0.15) is 5.10 Å². The minimum Gasteiger partial charge on any atom is -0.329 e. The molecule has 3 aromatic rings. The Morgan fingerprint density at radius 3 is 2.55 bits per heavy atom. The lowest BCUT2D eigenvalue weighted by Gasteiger charge is -2.11. The maximum atomic E-state index is 6.04. The minimum absolute atomic E-state index is 0.0902. The fourth-order valence-electron chi connectivity index (χ4n) is 2.55. The van der Waals surface area contributed by atoms with Gasteiger partial charge in [0.15, 0.2) is 0 Å². The largest absolute Gasteiger partial charge is 0.329 e. The van der Waals surface area contributed by atoms with Crippen LogP contribution in [0.3, 0.4) is 0 Å². The van der Waals surface area contributed by atoms with Crippen molar-refractivity contribution < 1.29 is 0 Å². The third-order valence-electron chi connectivity index (χ3n) is 3.92. The van der Waals surface area contributed by atoms with Crippen LogP contribution in [-0.2, 0) is 7.05 Å². The molecule has 0 aliphatic heterocycles. The molecule has 2 aromatic heterocycles. The van der Waals surface area contributed by atoms with E-state index in [0.717, 1.165) is 27.7 Å². The van der Waals surface area contributed by atoms with Crippen LogP contribution in [0.25, 0.3) is 11.3 Å². The minimum atomic E-state index is 0.0902. The number of thiazole rings is 1. The average Bonchev–Trinajstić information content (AvgIpc) is 3.05. The number of nitrogens with two attached hydrogens (primary N) is 1. The Morgan fingerprint density at radius 1 is 1.23 bits per heavy atom. The van der Waals surface area contributed by atoms with E-state index in [1.54, 1.807) is 11.3 Å². The summed E-state index contributed by atoms with van der Waals surface area (Å²) in [5.41, 5.74) is 10.3. The van der Waals surface area contributed by atoms with E-state index in [-0.39, 0.29) is 5.92 Å². The van der Waals surface area contributed by atoms with Crippen molar-refractivity contribution in [2.45, 2.75) is 19.8 Å². The maximum Gasteiger partial charge on any atom is 0.103 e. The van der Waals surface area contributed by atoms with Crippen molar-refractivity contribution in [3.8, 4) is 11.3 Å². The van der Waals surface area contributed by atoms with Gasteiger partial charge in [0, 0.05) is 29.7 Å². The fourth-order valence-corrected chi connectivity index (χ4v) is 3.60. The maximum absolute atomic E-state index is 6.04. The zero-order chi connectivity index (χ0) is 15.7. The van der Waals surface area contributed by atoms with E-state index in [2.05, 4.69) is 35.2 Å². The number of nitrogens with zero attached hydrogens (tertiary/aromatic N) is 3. The second kappa shape index (κ2) is 6.02. The van der Waals surface area contributed by atoms with Gasteiger partial charge < -0.3 is 5.73 Å². The van der Waals surface area contributed by atoms with Crippen LogP contribution in [0.15, 0.2) is 36.4 Å². The quantitative estimate of drug-likeness (QED) is 0.804. The summed E-state index contributed by atoms with van der Waals surface area (Å²) in [5, 5.41) is 5.71. The molecule has 0 saturated heterocycles. The molecule has 0 bridgehead atoms. The lowest BCUT2D eigenvalue weighted by molar-refractivity contribution is 0.661. The summed E-state index contributed by atoms with van der Waals surface area (Å²) in [4.78, 5) is 5.93. The van der Waals surface area contributed by atoms with Crippen LogP contribution >= 0.6 is 11.3 Å². The normalized spacial score (nSPS) is 12.5. The Hall–Kier alpha value is -1.98. The molecule has 0 radical (unpaired) electrons. The van der Waals surface area contributed by atoms with Crippen LogP contribution in [-0.4, -0.2) is 21.3 Å². The number of benzene rings is 1. The van der Waals surface area contributed by atoms with Gasteiger partial charge in [0.2, 0.25) is 0 Å². The van der Waals surface area contributed by atoms with Crippen molar-refractivity contribution in [3.05, 3.63) is 57.7 Å². The van der Waals surface area contributed by atoms with Gasteiger partial charge in [0.1, 0.15) is 5.01 Å². The van der Waals surface area contributed by atoms with Gasteiger partial charge >= 0.3 is 0 Å². The van der Waals surface area contributed by atoms with Gasteiger partial charge in [-0.05, 0) is 19.9 Å². The molecule has 1 aromatic carbocycles. The summed E-state index contributed by atoms with van der Waals surface area (Å²) in [5.74, 6) is 0.0902. The molecule has 0 aliphatic carbocycles. The molecule has 22 heavy (non-hydrogen) atoms. The molecule has 1 unspecified atom stereocenters. The van der Waals surface area contributed by atoms with E-state index in [1.807, 2.05) is 36.9 Å². The predicted octanol–water partition coefficient (Wildman–Crippen LogP) is 3.25. The van der Waals surface area contributed by atoms with Crippen LogP contribution in [0.4, 0.5) is 0 Å². The first-order valence-electron chi connectivity index (χ1n) is 7.33. The van der Waals surface area contributed by atoms with Crippen molar-refractivity contribution in [2.75, 3.05) is 6.54 Å². The molecule has 114 valence electrons. The smallest absolute Gasteiger partial charge is 0.103 e. The number of aryl methyl sites for hydroxylation is 3. The molecule has 0 fully saturated rings. The zero-order valence-corrected chi connectivity index (χ0v) is 13.9. The molecular weight excluding hydrogens is 292 g/mol. The van der Waals surface area contributed by atoms with Gasteiger partial charge in [-0.3, -0.25) is 4.68 Å².